The van der Waals surface area contributed by atoms with Crippen molar-refractivity contribution in [2.24, 2.45) is 0 Å². The van der Waals surface area contributed by atoms with Crippen LogP contribution in [0.25, 0.3) is 10.9 Å². The molecule has 1 amide bonds. The van der Waals surface area contributed by atoms with Crippen molar-refractivity contribution < 1.29 is 4.79 Å². The van der Waals surface area contributed by atoms with Gasteiger partial charge in [0.2, 0.25) is 0 Å². The minimum absolute atomic E-state index is 0.202. The van der Waals surface area contributed by atoms with Crippen LogP contribution in [0.3, 0.4) is 0 Å². The highest BCUT2D eigenvalue weighted by atomic mass is 79.9. The van der Waals surface area contributed by atoms with Crippen LogP contribution in [0.5, 0.6) is 0 Å². The van der Waals surface area contributed by atoms with E-state index in [1.165, 1.54) is 12.4 Å². The number of nitrogens with one attached hydrogen (secondary N) is 1. The Hall–Kier alpha value is -2.84. The number of amides is 1. The van der Waals surface area contributed by atoms with Crippen LogP contribution in [-0.4, -0.2) is 52.9 Å². The van der Waals surface area contributed by atoms with Crippen molar-refractivity contribution in [3.8, 4) is 0 Å². The summed E-state index contributed by atoms with van der Waals surface area (Å²) < 4.78 is 0.963. The van der Waals surface area contributed by atoms with Gasteiger partial charge in [-0.3, -0.25) is 9.69 Å². The molecule has 0 fully saturated rings. The molecule has 2 aromatic heterocycles. The van der Waals surface area contributed by atoms with Crippen LogP contribution in [0.4, 0.5) is 17.3 Å². The zero-order chi connectivity index (χ0) is 20.1. The Morgan fingerprint density at radius 1 is 1.21 bits per heavy atom. The molecule has 1 N–H and O–H groups in total. The van der Waals surface area contributed by atoms with Crippen LogP contribution in [0.2, 0.25) is 0 Å². The summed E-state index contributed by atoms with van der Waals surface area (Å²) in [6, 6.07) is 9.63. The topological polar surface area (TPSA) is 74.2 Å². The molecule has 3 aromatic rings. The maximum atomic E-state index is 12.4. The number of likely N-dealkylation sites (N-methyl/N-ethyl adjacent to an activating group) is 1. The molecule has 0 unspecified atom stereocenters. The van der Waals surface area contributed by atoms with Gasteiger partial charge in [0.25, 0.3) is 5.91 Å². The maximum Gasteiger partial charge on any atom is 0.251 e. The largest absolute Gasteiger partial charge is 0.340 e. The lowest BCUT2D eigenvalue weighted by atomic mass is 10.2. The Morgan fingerprint density at radius 3 is 2.75 bits per heavy atom. The summed E-state index contributed by atoms with van der Waals surface area (Å²) in [5.74, 6) is 0.976. The van der Waals surface area contributed by atoms with Gasteiger partial charge in [0.1, 0.15) is 18.0 Å². The SMILES string of the molecule is C=CC(=O)N(CCN(C)C)c1cc2c(Nc3cccc(Br)c3)ncnc2cn1. The molecule has 0 saturated heterocycles. The molecular formula is C20H21BrN6O. The van der Waals surface area contributed by atoms with Crippen molar-refractivity contribution in [1.82, 2.24) is 19.9 Å². The van der Waals surface area contributed by atoms with E-state index in [2.05, 4.69) is 42.8 Å². The predicted octanol–water partition coefficient (Wildman–Crippen LogP) is 3.61. The lowest BCUT2D eigenvalue weighted by Gasteiger charge is -2.22. The second-order valence-corrected chi connectivity index (χ2v) is 7.33. The Bertz CT molecular complexity index is 1010. The monoisotopic (exact) mass is 440 g/mol. The highest BCUT2D eigenvalue weighted by Crippen LogP contribution is 2.27. The van der Waals surface area contributed by atoms with Crippen LogP contribution < -0.4 is 10.2 Å². The third-order valence-corrected chi connectivity index (χ3v) is 4.58. The minimum Gasteiger partial charge on any atom is -0.340 e. The summed E-state index contributed by atoms with van der Waals surface area (Å²) in [7, 11) is 3.91. The van der Waals surface area contributed by atoms with Crippen molar-refractivity contribution in [2.75, 3.05) is 37.4 Å². The number of nitrogens with zero attached hydrogens (tertiary/aromatic N) is 5. The maximum absolute atomic E-state index is 12.4. The number of anilines is 3. The van der Waals surface area contributed by atoms with Crippen LogP contribution in [-0.2, 0) is 4.79 Å². The molecule has 0 aliphatic rings. The van der Waals surface area contributed by atoms with Gasteiger partial charge in [0.05, 0.1) is 11.7 Å². The number of aromatic nitrogens is 3. The average molecular weight is 441 g/mol. The lowest BCUT2D eigenvalue weighted by molar-refractivity contribution is -0.114. The number of rotatable bonds is 7. The van der Waals surface area contributed by atoms with Crippen LogP contribution in [0, 0.1) is 0 Å². The van der Waals surface area contributed by atoms with Gasteiger partial charge in [-0.15, -0.1) is 0 Å². The Kier molecular flexibility index (Phi) is 6.33. The number of halogens is 1. The fourth-order valence-corrected chi connectivity index (χ4v) is 3.05. The molecular weight excluding hydrogens is 420 g/mol. The van der Waals surface area contributed by atoms with Gasteiger partial charge in [-0.2, -0.15) is 0 Å². The first-order chi connectivity index (χ1) is 13.5. The summed E-state index contributed by atoms with van der Waals surface area (Å²) in [5.41, 5.74) is 1.58. The molecule has 0 aliphatic carbocycles. The average Bonchev–Trinajstić information content (AvgIpc) is 2.68. The minimum atomic E-state index is -0.202. The van der Waals surface area contributed by atoms with E-state index in [1.54, 1.807) is 11.1 Å². The molecule has 0 spiro atoms. The molecule has 2 heterocycles. The second kappa shape index (κ2) is 8.90. The summed E-state index contributed by atoms with van der Waals surface area (Å²) >= 11 is 3.47. The van der Waals surface area contributed by atoms with E-state index >= 15 is 0 Å². The first-order valence-corrected chi connectivity index (χ1v) is 9.49. The zero-order valence-electron chi connectivity index (χ0n) is 15.8. The summed E-state index contributed by atoms with van der Waals surface area (Å²) in [5, 5.41) is 4.08. The molecule has 7 nitrogen and oxygen atoms in total. The number of benzene rings is 1. The zero-order valence-corrected chi connectivity index (χ0v) is 17.3. The number of hydrogen-bond donors (Lipinski definition) is 1. The molecule has 0 atom stereocenters. The van der Waals surface area contributed by atoms with Crippen molar-refractivity contribution in [2.45, 2.75) is 0 Å². The smallest absolute Gasteiger partial charge is 0.251 e. The van der Waals surface area contributed by atoms with Crippen molar-refractivity contribution in [1.29, 1.82) is 0 Å². The quantitative estimate of drug-likeness (QED) is 0.565. The summed E-state index contributed by atoms with van der Waals surface area (Å²) in [6.07, 6.45) is 4.43. The van der Waals surface area contributed by atoms with E-state index in [0.29, 0.717) is 30.2 Å². The molecule has 8 heteroatoms. The second-order valence-electron chi connectivity index (χ2n) is 6.41. The molecule has 0 aliphatic heterocycles. The fraction of sp³-hybridized carbons (Fsp3) is 0.200. The lowest BCUT2D eigenvalue weighted by Crippen LogP contribution is -2.36. The van der Waals surface area contributed by atoms with Gasteiger partial charge in [-0.25, -0.2) is 15.0 Å². The summed E-state index contributed by atoms with van der Waals surface area (Å²) in [6.45, 7) is 4.80. The normalized spacial score (nSPS) is 10.9. The molecule has 144 valence electrons. The van der Waals surface area contributed by atoms with E-state index in [0.717, 1.165) is 15.5 Å². The van der Waals surface area contributed by atoms with Gasteiger partial charge in [-0.1, -0.05) is 28.6 Å². The van der Waals surface area contributed by atoms with Gasteiger partial charge in [0, 0.05) is 28.6 Å². The first kappa shape index (κ1) is 19.9. The van der Waals surface area contributed by atoms with Gasteiger partial charge < -0.3 is 10.2 Å². The van der Waals surface area contributed by atoms with Crippen LogP contribution in [0.1, 0.15) is 0 Å². The van der Waals surface area contributed by atoms with E-state index < -0.39 is 0 Å². The first-order valence-electron chi connectivity index (χ1n) is 8.70. The molecule has 1 aromatic carbocycles. The van der Waals surface area contributed by atoms with Crippen molar-refractivity contribution in [3.63, 3.8) is 0 Å². The van der Waals surface area contributed by atoms with Gasteiger partial charge >= 0.3 is 0 Å². The highest BCUT2D eigenvalue weighted by Gasteiger charge is 2.16. The number of carbonyl (C=O) groups excluding carboxylic acids is 1. The van der Waals surface area contributed by atoms with Crippen LogP contribution >= 0.6 is 15.9 Å². The molecule has 0 bridgehead atoms. The number of fused-ring (bicyclic) bond motifs is 1. The standard InChI is InChI=1S/C20H21BrN6O/c1-4-19(28)27(9-8-26(2)3)18-11-16-17(12-22-18)23-13-24-20(16)25-15-7-5-6-14(21)10-15/h4-7,10-13H,1,8-9H2,2-3H3,(H,23,24,25). The number of hydrogen-bond acceptors (Lipinski definition) is 6. The molecule has 0 saturated carbocycles. The Labute approximate surface area is 172 Å². The van der Waals surface area contributed by atoms with E-state index in [-0.39, 0.29) is 5.91 Å². The van der Waals surface area contributed by atoms with E-state index in [1.807, 2.05) is 49.3 Å². The van der Waals surface area contributed by atoms with Crippen molar-refractivity contribution >= 4 is 50.1 Å². The summed E-state index contributed by atoms with van der Waals surface area (Å²) in [4.78, 5) is 29.1. The van der Waals surface area contributed by atoms with Crippen molar-refractivity contribution in [3.05, 3.63) is 60.0 Å². The molecule has 0 radical (unpaired) electrons. The number of carbonyl (C=O) groups is 1. The van der Waals surface area contributed by atoms with E-state index in [4.69, 9.17) is 0 Å². The van der Waals surface area contributed by atoms with Crippen LogP contribution in [0.15, 0.2) is 60.0 Å². The Balaban J connectivity index is 2.00. The van der Waals surface area contributed by atoms with E-state index in [9.17, 15) is 4.79 Å². The molecule has 3 rings (SSSR count). The van der Waals surface area contributed by atoms with Gasteiger partial charge in [-0.05, 0) is 44.4 Å². The molecule has 28 heavy (non-hydrogen) atoms. The van der Waals surface area contributed by atoms with Gasteiger partial charge in [0.15, 0.2) is 0 Å². The fourth-order valence-electron chi connectivity index (χ4n) is 2.65. The highest BCUT2D eigenvalue weighted by molar-refractivity contribution is 9.10. The third kappa shape index (κ3) is 4.71. The Morgan fingerprint density at radius 2 is 2.04 bits per heavy atom. The number of pyridine rings is 1. The third-order valence-electron chi connectivity index (χ3n) is 4.08. The predicted molar refractivity (Wildman–Crippen MR) is 116 cm³/mol.